The average molecular weight is 370 g/mol. The van der Waals surface area contributed by atoms with Crippen LogP contribution in [-0.4, -0.2) is 43.2 Å². The molecule has 27 heavy (non-hydrogen) atoms. The Morgan fingerprint density at radius 3 is 2.67 bits per heavy atom. The first-order valence-electron chi connectivity index (χ1n) is 9.26. The van der Waals surface area contributed by atoms with E-state index in [-0.39, 0.29) is 5.91 Å². The van der Waals surface area contributed by atoms with Crippen molar-refractivity contribution in [2.24, 2.45) is 0 Å². The number of carbonyl (C=O) groups excluding carboxylic acids is 1. The molecule has 1 aliphatic rings. The normalized spacial score (nSPS) is 13.1. The van der Waals surface area contributed by atoms with Gasteiger partial charge in [0.05, 0.1) is 14.2 Å². The Bertz CT molecular complexity index is 810. The number of hydrogen-bond donors (Lipinski definition) is 1. The van der Waals surface area contributed by atoms with Crippen molar-refractivity contribution in [3.63, 3.8) is 0 Å². The monoisotopic (exact) mass is 370 g/mol. The molecule has 1 aromatic carbocycles. The lowest BCUT2D eigenvalue weighted by molar-refractivity contribution is 0.0948. The highest BCUT2D eigenvalue weighted by Crippen LogP contribution is 2.33. The summed E-state index contributed by atoms with van der Waals surface area (Å²) in [4.78, 5) is 23.2. The summed E-state index contributed by atoms with van der Waals surface area (Å²) in [5.74, 6) is 1.87. The fraction of sp³-hybridized carbons (Fsp3) is 0.450. The minimum absolute atomic E-state index is 0.157. The standard InChI is InChI=1S/C20H26N4O3/c1-4-5-8-21-19(25)16-6-9-22-20(23-16)24-10-7-14-11-17(26-2)18(27-3)12-15(14)13-24/h6,9,11-12H,4-5,7-8,10,13H2,1-3H3,(H,21,25). The van der Waals surface area contributed by atoms with Gasteiger partial charge in [-0.2, -0.15) is 0 Å². The number of anilines is 1. The van der Waals surface area contributed by atoms with Gasteiger partial charge in [0.1, 0.15) is 5.69 Å². The highest BCUT2D eigenvalue weighted by Gasteiger charge is 2.22. The SMILES string of the molecule is CCCCNC(=O)c1ccnc(N2CCc3cc(OC)c(OC)cc3C2)n1. The van der Waals surface area contributed by atoms with Crippen LogP contribution in [0.1, 0.15) is 41.4 Å². The van der Waals surface area contributed by atoms with Gasteiger partial charge in [-0.05, 0) is 42.2 Å². The van der Waals surface area contributed by atoms with Gasteiger partial charge < -0.3 is 19.7 Å². The minimum Gasteiger partial charge on any atom is -0.493 e. The van der Waals surface area contributed by atoms with E-state index < -0.39 is 0 Å². The second-order valence-electron chi connectivity index (χ2n) is 6.50. The Balaban J connectivity index is 1.77. The first-order valence-corrected chi connectivity index (χ1v) is 9.26. The molecule has 0 radical (unpaired) electrons. The highest BCUT2D eigenvalue weighted by atomic mass is 16.5. The van der Waals surface area contributed by atoms with Crippen LogP contribution < -0.4 is 19.7 Å². The van der Waals surface area contributed by atoms with E-state index in [1.165, 1.54) is 5.56 Å². The predicted molar refractivity (Wildman–Crippen MR) is 104 cm³/mol. The number of methoxy groups -OCH3 is 2. The van der Waals surface area contributed by atoms with Crippen molar-refractivity contribution < 1.29 is 14.3 Å². The van der Waals surface area contributed by atoms with E-state index in [1.807, 2.05) is 12.1 Å². The Hall–Kier alpha value is -2.83. The van der Waals surface area contributed by atoms with E-state index in [2.05, 4.69) is 27.1 Å². The van der Waals surface area contributed by atoms with Crippen LogP contribution in [-0.2, 0) is 13.0 Å². The van der Waals surface area contributed by atoms with Crippen LogP contribution in [0.25, 0.3) is 0 Å². The largest absolute Gasteiger partial charge is 0.493 e. The lowest BCUT2D eigenvalue weighted by Gasteiger charge is -2.29. The highest BCUT2D eigenvalue weighted by molar-refractivity contribution is 5.92. The van der Waals surface area contributed by atoms with Crippen molar-refractivity contribution in [3.8, 4) is 11.5 Å². The van der Waals surface area contributed by atoms with Gasteiger partial charge >= 0.3 is 0 Å². The molecule has 0 fully saturated rings. The van der Waals surface area contributed by atoms with Gasteiger partial charge in [-0.15, -0.1) is 0 Å². The number of fused-ring (bicyclic) bond motifs is 1. The molecule has 0 unspecified atom stereocenters. The molecule has 0 spiro atoms. The van der Waals surface area contributed by atoms with Crippen molar-refractivity contribution in [2.75, 3.05) is 32.2 Å². The zero-order chi connectivity index (χ0) is 19.2. The Kier molecular flexibility index (Phi) is 6.11. The van der Waals surface area contributed by atoms with E-state index in [4.69, 9.17) is 9.47 Å². The van der Waals surface area contributed by atoms with Gasteiger partial charge in [0, 0.05) is 25.8 Å². The molecule has 1 N–H and O–H groups in total. The topological polar surface area (TPSA) is 76.6 Å². The average Bonchev–Trinajstić information content (AvgIpc) is 2.72. The first-order chi connectivity index (χ1) is 13.2. The number of aromatic nitrogens is 2. The van der Waals surface area contributed by atoms with Crippen LogP contribution in [0, 0.1) is 0 Å². The van der Waals surface area contributed by atoms with Gasteiger partial charge in [-0.25, -0.2) is 9.97 Å². The van der Waals surface area contributed by atoms with E-state index in [0.717, 1.165) is 37.1 Å². The van der Waals surface area contributed by atoms with Crippen LogP contribution in [0.4, 0.5) is 5.95 Å². The van der Waals surface area contributed by atoms with Gasteiger partial charge in [-0.1, -0.05) is 13.3 Å². The van der Waals surface area contributed by atoms with Gasteiger partial charge in [0.15, 0.2) is 11.5 Å². The molecule has 7 nitrogen and oxygen atoms in total. The van der Waals surface area contributed by atoms with Gasteiger partial charge in [0.2, 0.25) is 5.95 Å². The summed E-state index contributed by atoms with van der Waals surface area (Å²) >= 11 is 0. The van der Waals surface area contributed by atoms with Crippen molar-refractivity contribution in [2.45, 2.75) is 32.7 Å². The molecule has 0 aliphatic carbocycles. The molecule has 144 valence electrons. The third-order valence-electron chi connectivity index (χ3n) is 4.69. The van der Waals surface area contributed by atoms with Gasteiger partial charge in [0.25, 0.3) is 5.91 Å². The maximum absolute atomic E-state index is 12.3. The number of rotatable bonds is 7. The zero-order valence-corrected chi connectivity index (χ0v) is 16.1. The summed E-state index contributed by atoms with van der Waals surface area (Å²) in [5.41, 5.74) is 2.78. The van der Waals surface area contributed by atoms with Crippen LogP contribution >= 0.6 is 0 Å². The number of amides is 1. The fourth-order valence-corrected chi connectivity index (χ4v) is 3.15. The van der Waals surface area contributed by atoms with Crippen molar-refractivity contribution in [1.82, 2.24) is 15.3 Å². The van der Waals surface area contributed by atoms with E-state index in [0.29, 0.717) is 30.5 Å². The Labute approximate surface area is 159 Å². The molecule has 0 saturated carbocycles. The summed E-state index contributed by atoms with van der Waals surface area (Å²) < 4.78 is 10.8. The fourth-order valence-electron chi connectivity index (χ4n) is 3.15. The third kappa shape index (κ3) is 4.30. The first kappa shape index (κ1) is 18.9. The number of nitrogens with zero attached hydrogens (tertiary/aromatic N) is 3. The summed E-state index contributed by atoms with van der Waals surface area (Å²) in [6.07, 6.45) is 4.49. The van der Waals surface area contributed by atoms with E-state index in [1.54, 1.807) is 26.5 Å². The van der Waals surface area contributed by atoms with Crippen molar-refractivity contribution in [1.29, 1.82) is 0 Å². The van der Waals surface area contributed by atoms with Crippen LogP contribution in [0.2, 0.25) is 0 Å². The summed E-state index contributed by atoms with van der Waals surface area (Å²) in [6, 6.07) is 5.68. The van der Waals surface area contributed by atoms with Crippen molar-refractivity contribution >= 4 is 11.9 Å². The number of nitrogens with one attached hydrogen (secondary N) is 1. The molecule has 2 aromatic rings. The van der Waals surface area contributed by atoms with Crippen molar-refractivity contribution in [3.05, 3.63) is 41.2 Å². The molecule has 7 heteroatoms. The minimum atomic E-state index is -0.157. The Morgan fingerprint density at radius 1 is 1.22 bits per heavy atom. The van der Waals surface area contributed by atoms with Crippen LogP contribution in [0.15, 0.2) is 24.4 Å². The Morgan fingerprint density at radius 2 is 1.96 bits per heavy atom. The second kappa shape index (κ2) is 8.70. The predicted octanol–water partition coefficient (Wildman–Crippen LogP) is 2.59. The lowest BCUT2D eigenvalue weighted by atomic mass is 9.99. The van der Waals surface area contributed by atoms with Gasteiger partial charge in [-0.3, -0.25) is 4.79 Å². The smallest absolute Gasteiger partial charge is 0.270 e. The lowest BCUT2D eigenvalue weighted by Crippen LogP contribution is -2.33. The summed E-state index contributed by atoms with van der Waals surface area (Å²) in [6.45, 7) is 4.20. The number of ether oxygens (including phenoxy) is 2. The van der Waals surface area contributed by atoms with E-state index >= 15 is 0 Å². The number of hydrogen-bond acceptors (Lipinski definition) is 6. The molecular formula is C20H26N4O3. The molecule has 1 aliphatic heterocycles. The maximum atomic E-state index is 12.3. The van der Waals surface area contributed by atoms with Crippen LogP contribution in [0.5, 0.6) is 11.5 Å². The second-order valence-corrected chi connectivity index (χ2v) is 6.50. The quantitative estimate of drug-likeness (QED) is 0.755. The van der Waals surface area contributed by atoms with E-state index in [9.17, 15) is 4.79 Å². The summed E-state index contributed by atoms with van der Waals surface area (Å²) in [5, 5.41) is 2.90. The maximum Gasteiger partial charge on any atom is 0.270 e. The molecule has 0 bridgehead atoms. The molecule has 1 amide bonds. The molecule has 0 saturated heterocycles. The molecule has 3 rings (SSSR count). The summed E-state index contributed by atoms with van der Waals surface area (Å²) in [7, 11) is 3.28. The zero-order valence-electron chi connectivity index (χ0n) is 16.1. The van der Waals surface area contributed by atoms with Crippen LogP contribution in [0.3, 0.4) is 0 Å². The number of carbonyl (C=O) groups is 1. The third-order valence-corrected chi connectivity index (χ3v) is 4.69. The number of benzene rings is 1. The molecule has 2 heterocycles. The molecule has 0 atom stereocenters. The molecular weight excluding hydrogens is 344 g/mol. The molecule has 1 aromatic heterocycles. The number of unbranched alkanes of at least 4 members (excludes halogenated alkanes) is 1.